The average molecular weight is 461 g/mol. The molecule has 9 heteroatoms. The molecule has 160 valence electrons. The summed E-state index contributed by atoms with van der Waals surface area (Å²) in [6.07, 6.45) is 5.24. The van der Waals surface area contributed by atoms with Gasteiger partial charge >= 0.3 is 5.69 Å². The van der Waals surface area contributed by atoms with Crippen LogP contribution in [0, 0.1) is 0 Å². The summed E-state index contributed by atoms with van der Waals surface area (Å²) in [7, 11) is 0. The fourth-order valence-corrected chi connectivity index (χ4v) is 4.27. The van der Waals surface area contributed by atoms with Crippen molar-refractivity contribution in [2.45, 2.75) is 23.7 Å². The zero-order valence-electron chi connectivity index (χ0n) is 17.3. The van der Waals surface area contributed by atoms with Gasteiger partial charge in [-0.05, 0) is 35.1 Å². The molecule has 0 amide bonds. The molecular formula is C23H20N6OS2. The number of aromatic nitrogens is 6. The van der Waals surface area contributed by atoms with Gasteiger partial charge in [0.2, 0.25) is 0 Å². The first kappa shape index (κ1) is 20.7. The van der Waals surface area contributed by atoms with Crippen molar-refractivity contribution in [1.82, 2.24) is 29.1 Å². The maximum Gasteiger partial charge on any atom is 0.350 e. The van der Waals surface area contributed by atoms with E-state index < -0.39 is 0 Å². The number of hydrogen-bond acceptors (Lipinski definition) is 7. The zero-order chi connectivity index (χ0) is 22.1. The Morgan fingerprint density at radius 3 is 2.31 bits per heavy atom. The van der Waals surface area contributed by atoms with Crippen molar-refractivity contribution in [1.29, 1.82) is 0 Å². The third-order valence-corrected chi connectivity index (χ3v) is 6.47. The summed E-state index contributed by atoms with van der Waals surface area (Å²) in [6.45, 7) is 0.995. The highest BCUT2D eigenvalue weighted by atomic mass is 32.2. The minimum absolute atomic E-state index is 0.342. The number of imidazole rings is 2. The Morgan fingerprint density at radius 1 is 0.906 bits per heavy atom. The van der Waals surface area contributed by atoms with Gasteiger partial charge in [-0.3, -0.25) is 4.57 Å². The highest BCUT2D eigenvalue weighted by molar-refractivity contribution is 7.98. The van der Waals surface area contributed by atoms with Crippen molar-refractivity contribution in [2.75, 3.05) is 6.26 Å². The van der Waals surface area contributed by atoms with E-state index in [-0.39, 0.29) is 5.69 Å². The van der Waals surface area contributed by atoms with Crippen molar-refractivity contribution < 1.29 is 0 Å². The minimum atomic E-state index is -0.342. The highest BCUT2D eigenvalue weighted by Gasteiger charge is 2.21. The first-order valence-electron chi connectivity index (χ1n) is 10.0. The molecular weight excluding hydrogens is 440 g/mol. The smallest absolute Gasteiger partial charge is 0.311 e. The molecule has 0 atom stereocenters. The van der Waals surface area contributed by atoms with E-state index in [2.05, 4.69) is 56.8 Å². The maximum absolute atomic E-state index is 12.7. The van der Waals surface area contributed by atoms with Crippen LogP contribution in [-0.4, -0.2) is 35.3 Å². The van der Waals surface area contributed by atoms with E-state index in [9.17, 15) is 4.79 Å². The Hall–Kier alpha value is -3.17. The molecule has 7 nitrogen and oxygen atoms in total. The monoisotopic (exact) mass is 460 g/mol. The topological polar surface area (TPSA) is 78.5 Å². The van der Waals surface area contributed by atoms with Gasteiger partial charge in [-0.2, -0.15) is 17.6 Å². The summed E-state index contributed by atoms with van der Waals surface area (Å²) in [5.41, 5.74) is 4.62. The molecule has 0 bridgehead atoms. The first-order valence-corrected chi connectivity index (χ1v) is 11.9. The summed E-state index contributed by atoms with van der Waals surface area (Å²) in [4.78, 5) is 31.6. The molecule has 3 heterocycles. The fraction of sp³-hybridized carbons (Fsp3) is 0.174. The number of nitrogens with zero attached hydrogens (tertiary/aromatic N) is 6. The summed E-state index contributed by atoms with van der Waals surface area (Å²) in [5, 5.41) is 0. The normalized spacial score (nSPS) is 11.4. The van der Waals surface area contributed by atoms with Crippen molar-refractivity contribution >= 4 is 35.6 Å². The lowest BCUT2D eigenvalue weighted by Crippen LogP contribution is -2.17. The second kappa shape index (κ2) is 8.76. The third-order valence-electron chi connectivity index (χ3n) is 5.36. The number of fused-ring (bicyclic) bond motifs is 3. The van der Waals surface area contributed by atoms with Crippen LogP contribution in [0.4, 0.5) is 0 Å². The number of thiol groups is 1. The SMILES string of the molecule is CSc1ccc(Cn2c3ncnc4c(ncn4Cc4ccc(CS)cc4)c-3nc2=O)cc1. The van der Waals surface area contributed by atoms with Crippen LogP contribution in [-0.2, 0) is 18.8 Å². The van der Waals surface area contributed by atoms with E-state index in [1.165, 1.54) is 16.8 Å². The molecule has 0 radical (unpaired) electrons. The van der Waals surface area contributed by atoms with Gasteiger partial charge in [-0.25, -0.2) is 19.7 Å². The van der Waals surface area contributed by atoms with Gasteiger partial charge in [0.05, 0.1) is 19.4 Å². The average Bonchev–Trinajstić information content (AvgIpc) is 3.29. The van der Waals surface area contributed by atoms with Crippen LogP contribution in [0.15, 0.2) is 70.9 Å². The van der Waals surface area contributed by atoms with Gasteiger partial charge in [-0.1, -0.05) is 36.4 Å². The predicted octanol–water partition coefficient (Wildman–Crippen LogP) is 3.74. The molecule has 2 aromatic carbocycles. The number of benzene rings is 2. The molecule has 5 rings (SSSR count). The van der Waals surface area contributed by atoms with Gasteiger partial charge in [0.1, 0.15) is 17.5 Å². The quantitative estimate of drug-likeness (QED) is 0.307. The molecule has 0 N–H and O–H groups in total. The number of thioether (sulfide) groups is 1. The van der Waals surface area contributed by atoms with Crippen LogP contribution < -0.4 is 5.69 Å². The Balaban J connectivity index is 1.51. The van der Waals surface area contributed by atoms with E-state index in [1.54, 1.807) is 22.7 Å². The zero-order valence-corrected chi connectivity index (χ0v) is 19.1. The summed E-state index contributed by atoms with van der Waals surface area (Å²) in [5.74, 6) is 1.19. The van der Waals surface area contributed by atoms with Crippen LogP contribution in [0.5, 0.6) is 0 Å². The van der Waals surface area contributed by atoms with Crippen molar-refractivity contribution in [3.05, 3.63) is 88.4 Å². The molecule has 2 aliphatic rings. The summed E-state index contributed by atoms with van der Waals surface area (Å²) < 4.78 is 3.51. The fourth-order valence-electron chi connectivity index (χ4n) is 3.65. The first-order chi connectivity index (χ1) is 15.7. The van der Waals surface area contributed by atoms with Gasteiger partial charge in [0.15, 0.2) is 11.5 Å². The molecule has 0 aliphatic carbocycles. The molecule has 0 fully saturated rings. The van der Waals surface area contributed by atoms with E-state index in [4.69, 9.17) is 0 Å². The van der Waals surface area contributed by atoms with Crippen molar-refractivity contribution in [3.8, 4) is 11.5 Å². The molecule has 3 aromatic rings. The van der Waals surface area contributed by atoms with Crippen molar-refractivity contribution in [3.63, 3.8) is 0 Å². The van der Waals surface area contributed by atoms with Crippen LogP contribution in [0.2, 0.25) is 0 Å². The minimum Gasteiger partial charge on any atom is -0.311 e. The summed E-state index contributed by atoms with van der Waals surface area (Å²) >= 11 is 5.99. The van der Waals surface area contributed by atoms with E-state index in [0.29, 0.717) is 41.5 Å². The van der Waals surface area contributed by atoms with Gasteiger partial charge in [0, 0.05) is 10.6 Å². The lowest BCUT2D eigenvalue weighted by Gasteiger charge is -2.05. The Labute approximate surface area is 194 Å². The Morgan fingerprint density at radius 2 is 1.59 bits per heavy atom. The van der Waals surface area contributed by atoms with E-state index in [0.717, 1.165) is 11.1 Å². The second-order valence-corrected chi connectivity index (χ2v) is 8.59. The molecule has 0 unspecified atom stereocenters. The highest BCUT2D eigenvalue weighted by Crippen LogP contribution is 2.24. The number of hydrogen-bond donors (Lipinski definition) is 1. The van der Waals surface area contributed by atoms with Crippen molar-refractivity contribution in [2.24, 2.45) is 0 Å². The molecule has 1 aromatic heterocycles. The number of rotatable bonds is 6. The Bertz CT molecular complexity index is 1410. The lowest BCUT2D eigenvalue weighted by atomic mass is 10.1. The van der Waals surface area contributed by atoms with E-state index >= 15 is 0 Å². The van der Waals surface area contributed by atoms with Crippen LogP contribution in [0.25, 0.3) is 22.7 Å². The molecule has 32 heavy (non-hydrogen) atoms. The van der Waals surface area contributed by atoms with Gasteiger partial charge in [-0.15, -0.1) is 11.8 Å². The van der Waals surface area contributed by atoms with Crippen LogP contribution in [0.1, 0.15) is 16.7 Å². The summed E-state index contributed by atoms with van der Waals surface area (Å²) in [6, 6.07) is 16.4. The molecule has 0 spiro atoms. The molecule has 0 saturated carbocycles. The second-order valence-electron chi connectivity index (χ2n) is 7.39. The molecule has 0 saturated heterocycles. The molecule has 2 aliphatic heterocycles. The Kier molecular flexibility index (Phi) is 5.67. The lowest BCUT2D eigenvalue weighted by molar-refractivity contribution is 0.757. The van der Waals surface area contributed by atoms with Gasteiger partial charge in [0.25, 0.3) is 0 Å². The predicted molar refractivity (Wildman–Crippen MR) is 130 cm³/mol. The van der Waals surface area contributed by atoms with Crippen LogP contribution in [0.3, 0.4) is 0 Å². The van der Waals surface area contributed by atoms with Gasteiger partial charge < -0.3 is 4.57 Å². The van der Waals surface area contributed by atoms with E-state index in [1.807, 2.05) is 35.1 Å². The maximum atomic E-state index is 12.7. The van der Waals surface area contributed by atoms with Crippen LogP contribution >= 0.6 is 24.4 Å². The standard InChI is InChI=1S/C23H20N6OS2/c1-32-18-8-6-16(7-9-18)11-29-22-20(27-23(29)30)19-21(24-13-25-22)28(14-26-19)10-15-2-4-17(12-31)5-3-15/h2-9,13-14,31H,10-12H2,1H3. The third kappa shape index (κ3) is 3.89. The largest absolute Gasteiger partial charge is 0.350 e.